The molecular weight excluding hydrogens is 368 g/mol. The quantitative estimate of drug-likeness (QED) is 0.640. The van der Waals surface area contributed by atoms with Crippen molar-refractivity contribution in [2.45, 2.75) is 57.4 Å². The number of fused-ring (bicyclic) bond motifs is 2. The monoisotopic (exact) mass is 406 g/mol. The summed E-state index contributed by atoms with van der Waals surface area (Å²) in [4.78, 5) is 2.71. The Bertz CT molecular complexity index is 808. The van der Waals surface area contributed by atoms with E-state index in [1.165, 1.54) is 42.5 Å². The highest BCUT2D eigenvalue weighted by molar-refractivity contribution is 5.48. The Labute approximate surface area is 182 Å². The Morgan fingerprint density at radius 3 is 2.73 bits per heavy atom. The van der Waals surface area contributed by atoms with Crippen molar-refractivity contribution in [3.63, 3.8) is 0 Å². The molecule has 1 saturated heterocycles. The maximum Gasteiger partial charge on any atom is 0.0474 e. The van der Waals surface area contributed by atoms with Gasteiger partial charge in [0.1, 0.15) is 0 Å². The molecule has 1 aliphatic carbocycles. The van der Waals surface area contributed by atoms with Crippen LogP contribution in [0, 0.1) is 11.8 Å². The average Bonchev–Trinajstić information content (AvgIpc) is 2.76. The summed E-state index contributed by atoms with van der Waals surface area (Å²) in [6.45, 7) is 8.03. The molecule has 30 heavy (non-hydrogen) atoms. The molecule has 2 fully saturated rings. The van der Waals surface area contributed by atoms with Gasteiger partial charge in [0.15, 0.2) is 0 Å². The molecule has 1 heterocycles. The van der Waals surface area contributed by atoms with Crippen LogP contribution in [0.25, 0.3) is 0 Å². The molecule has 162 valence electrons. The molecule has 0 aromatic heterocycles. The van der Waals surface area contributed by atoms with Gasteiger partial charge in [0, 0.05) is 36.8 Å². The highest BCUT2D eigenvalue weighted by Crippen LogP contribution is 2.51. The maximum absolute atomic E-state index is 10.1. The van der Waals surface area contributed by atoms with Crippen LogP contribution in [0.4, 0.5) is 5.69 Å². The Balaban J connectivity index is 1.49. The number of nitrogens with one attached hydrogen (secondary N) is 1. The van der Waals surface area contributed by atoms with E-state index in [1.807, 2.05) is 0 Å². The third kappa shape index (κ3) is 4.29. The third-order valence-corrected chi connectivity index (χ3v) is 7.82. The van der Waals surface area contributed by atoms with E-state index in [1.54, 1.807) is 0 Å². The van der Waals surface area contributed by atoms with Crippen LogP contribution >= 0.6 is 0 Å². The van der Waals surface area contributed by atoms with E-state index in [-0.39, 0.29) is 6.61 Å². The van der Waals surface area contributed by atoms with Gasteiger partial charge in [0.2, 0.25) is 0 Å². The van der Waals surface area contributed by atoms with Crippen LogP contribution in [-0.4, -0.2) is 42.3 Å². The lowest BCUT2D eigenvalue weighted by Gasteiger charge is -2.56. The van der Waals surface area contributed by atoms with Crippen molar-refractivity contribution < 1.29 is 5.11 Å². The van der Waals surface area contributed by atoms with E-state index >= 15 is 0 Å². The van der Waals surface area contributed by atoms with E-state index in [2.05, 4.69) is 78.7 Å². The van der Waals surface area contributed by atoms with Gasteiger partial charge in [-0.1, -0.05) is 55.8 Å². The topological polar surface area (TPSA) is 35.5 Å². The summed E-state index contributed by atoms with van der Waals surface area (Å²) >= 11 is 0. The van der Waals surface area contributed by atoms with Gasteiger partial charge in [-0.3, -0.25) is 4.90 Å². The molecule has 1 saturated carbocycles. The fourth-order valence-electron chi connectivity index (χ4n) is 6.22. The van der Waals surface area contributed by atoms with E-state index in [9.17, 15) is 5.11 Å². The molecule has 0 spiro atoms. The van der Waals surface area contributed by atoms with E-state index in [0.717, 1.165) is 26.1 Å². The van der Waals surface area contributed by atoms with Gasteiger partial charge in [0.05, 0.1) is 0 Å². The van der Waals surface area contributed by atoms with Crippen molar-refractivity contribution in [1.29, 1.82) is 0 Å². The lowest BCUT2D eigenvalue weighted by atomic mass is 9.57. The number of rotatable bonds is 8. The van der Waals surface area contributed by atoms with Gasteiger partial charge in [-0.15, -0.1) is 0 Å². The van der Waals surface area contributed by atoms with Crippen molar-refractivity contribution in [1.82, 2.24) is 4.90 Å². The fraction of sp³-hybridized carbons (Fsp3) is 0.556. The predicted octanol–water partition coefficient (Wildman–Crippen LogP) is 5.10. The van der Waals surface area contributed by atoms with Crippen LogP contribution in [0.15, 0.2) is 54.6 Å². The number of anilines is 1. The summed E-state index contributed by atoms with van der Waals surface area (Å²) in [5, 5.41) is 13.6. The van der Waals surface area contributed by atoms with Gasteiger partial charge >= 0.3 is 0 Å². The SMILES string of the molecule is CCNc1cccc(C23CCCC([C@@H]2C)N(C[C@@H](CO)Cc2ccccc2)CC3)c1. The molecular formula is C27H38N2O. The van der Waals surface area contributed by atoms with Crippen molar-refractivity contribution in [2.24, 2.45) is 11.8 Å². The molecule has 4 atom stereocenters. The van der Waals surface area contributed by atoms with Gasteiger partial charge in [-0.25, -0.2) is 0 Å². The zero-order valence-corrected chi connectivity index (χ0v) is 18.7. The summed E-state index contributed by atoms with van der Waals surface area (Å²) in [6.07, 6.45) is 6.09. The Morgan fingerprint density at radius 2 is 1.97 bits per heavy atom. The van der Waals surface area contributed by atoms with Gasteiger partial charge in [-0.05, 0) is 74.2 Å². The number of hydrogen-bond donors (Lipinski definition) is 2. The number of nitrogens with zero attached hydrogens (tertiary/aromatic N) is 1. The average molecular weight is 407 g/mol. The van der Waals surface area contributed by atoms with Crippen LogP contribution in [0.5, 0.6) is 0 Å². The largest absolute Gasteiger partial charge is 0.396 e. The lowest BCUT2D eigenvalue weighted by molar-refractivity contribution is -0.0153. The first-order valence-corrected chi connectivity index (χ1v) is 11.9. The van der Waals surface area contributed by atoms with Crippen LogP contribution in [0.1, 0.15) is 50.7 Å². The molecule has 1 aliphatic heterocycles. The van der Waals surface area contributed by atoms with Crippen molar-refractivity contribution in [3.05, 3.63) is 65.7 Å². The Hall–Kier alpha value is -1.84. The molecule has 2 N–H and O–H groups in total. The van der Waals surface area contributed by atoms with Gasteiger partial charge in [-0.2, -0.15) is 0 Å². The van der Waals surface area contributed by atoms with Crippen LogP contribution in [0.2, 0.25) is 0 Å². The zero-order chi connectivity index (χ0) is 21.0. The molecule has 0 amide bonds. The first-order chi connectivity index (χ1) is 14.7. The molecule has 3 nitrogen and oxygen atoms in total. The smallest absolute Gasteiger partial charge is 0.0474 e. The molecule has 3 heteroatoms. The minimum absolute atomic E-state index is 0.266. The molecule has 2 bridgehead atoms. The standard InChI is InChI=1S/C27H38N2O/c1-3-28-25-12-7-11-24(18-25)27-14-8-13-26(21(27)2)29(16-15-27)19-23(20-30)17-22-9-5-4-6-10-22/h4-7,9-12,18,21,23,26,28,30H,3,8,13-17,19-20H2,1-2H3/t21-,23-,26?,27?/m0/s1. The number of hydrogen-bond acceptors (Lipinski definition) is 3. The van der Waals surface area contributed by atoms with Crippen molar-refractivity contribution in [2.75, 3.05) is 31.6 Å². The number of aliphatic hydroxyl groups excluding tert-OH is 1. The van der Waals surface area contributed by atoms with Crippen LogP contribution in [-0.2, 0) is 11.8 Å². The van der Waals surface area contributed by atoms with Crippen LogP contribution in [0.3, 0.4) is 0 Å². The van der Waals surface area contributed by atoms with Crippen molar-refractivity contribution in [3.8, 4) is 0 Å². The second-order valence-corrected chi connectivity index (χ2v) is 9.50. The Kier molecular flexibility index (Phi) is 6.80. The second kappa shape index (κ2) is 9.53. The minimum Gasteiger partial charge on any atom is -0.396 e. The molecule has 2 unspecified atom stereocenters. The van der Waals surface area contributed by atoms with E-state index in [0.29, 0.717) is 23.3 Å². The maximum atomic E-state index is 10.1. The normalized spacial score (nSPS) is 27.6. The van der Waals surface area contributed by atoms with Gasteiger partial charge < -0.3 is 10.4 Å². The summed E-state index contributed by atoms with van der Waals surface area (Å²) in [5.74, 6) is 0.957. The lowest BCUT2D eigenvalue weighted by Crippen LogP contribution is -2.58. The molecule has 2 aromatic carbocycles. The first-order valence-electron chi connectivity index (χ1n) is 11.9. The molecule has 2 aliphatic rings. The summed E-state index contributed by atoms with van der Waals surface area (Å²) in [7, 11) is 0. The van der Waals surface area contributed by atoms with E-state index < -0.39 is 0 Å². The second-order valence-electron chi connectivity index (χ2n) is 9.50. The third-order valence-electron chi connectivity index (χ3n) is 7.82. The Morgan fingerprint density at radius 1 is 1.13 bits per heavy atom. The number of benzene rings is 2. The zero-order valence-electron chi connectivity index (χ0n) is 18.7. The molecule has 0 radical (unpaired) electrons. The summed E-state index contributed by atoms with van der Waals surface area (Å²) in [5.41, 5.74) is 4.42. The van der Waals surface area contributed by atoms with E-state index in [4.69, 9.17) is 0 Å². The van der Waals surface area contributed by atoms with Crippen molar-refractivity contribution >= 4 is 5.69 Å². The first kappa shape index (κ1) is 21.4. The predicted molar refractivity (Wildman–Crippen MR) is 126 cm³/mol. The number of piperidine rings is 1. The highest BCUT2D eigenvalue weighted by Gasteiger charge is 2.49. The summed E-state index contributed by atoms with van der Waals surface area (Å²) in [6, 6.07) is 20.5. The minimum atomic E-state index is 0.266. The number of likely N-dealkylation sites (tertiary alicyclic amines) is 1. The molecule has 4 rings (SSSR count). The molecule has 2 aromatic rings. The highest BCUT2D eigenvalue weighted by atomic mass is 16.3. The van der Waals surface area contributed by atoms with Crippen LogP contribution < -0.4 is 5.32 Å². The van der Waals surface area contributed by atoms with Gasteiger partial charge in [0.25, 0.3) is 0 Å². The fourth-order valence-corrected chi connectivity index (χ4v) is 6.22. The number of aliphatic hydroxyl groups is 1. The summed E-state index contributed by atoms with van der Waals surface area (Å²) < 4.78 is 0.